The number of carbonyl (C=O) groups excluding carboxylic acids is 2. The highest BCUT2D eigenvalue weighted by atomic mass is 16.6. The minimum absolute atomic E-state index is 0.359. The van der Waals surface area contributed by atoms with Crippen molar-refractivity contribution in [2.45, 2.75) is 77.0 Å². The zero-order valence-electron chi connectivity index (χ0n) is 13.4. The molecule has 21 heavy (non-hydrogen) atoms. The van der Waals surface area contributed by atoms with Crippen LogP contribution in [0.3, 0.4) is 0 Å². The summed E-state index contributed by atoms with van der Waals surface area (Å²) in [5.74, 6) is -0.369. The molecule has 2 amide bonds. The molecular weight excluding hydrogens is 270 g/mol. The number of carbonyl (C=O) groups is 2. The van der Waals surface area contributed by atoms with Crippen molar-refractivity contribution >= 4 is 12.0 Å². The Bertz CT molecular complexity index is 347. The van der Waals surface area contributed by atoms with Crippen LogP contribution in [0.15, 0.2) is 0 Å². The van der Waals surface area contributed by atoms with Crippen LogP contribution in [0.1, 0.15) is 59.3 Å². The summed E-state index contributed by atoms with van der Waals surface area (Å²) in [6.07, 6.45) is 5.83. The zero-order chi connectivity index (χ0) is 15.9. The molecule has 0 radical (unpaired) electrons. The summed E-state index contributed by atoms with van der Waals surface area (Å²) in [6, 6.07) is -0.0409. The van der Waals surface area contributed by atoms with Crippen LogP contribution >= 0.6 is 0 Å². The molecule has 1 aliphatic carbocycles. The van der Waals surface area contributed by atoms with Gasteiger partial charge in [0.25, 0.3) is 0 Å². The Kier molecular flexibility index (Phi) is 6.95. The number of ether oxygens (including phenoxy) is 1. The Morgan fingerprint density at radius 3 is 2.38 bits per heavy atom. The molecular formula is C15H29N3O3. The van der Waals surface area contributed by atoms with Crippen molar-refractivity contribution in [1.82, 2.24) is 10.6 Å². The predicted molar refractivity (Wildman–Crippen MR) is 81.8 cm³/mol. The van der Waals surface area contributed by atoms with Gasteiger partial charge in [-0.25, -0.2) is 4.79 Å². The number of hydrogen-bond acceptors (Lipinski definition) is 4. The van der Waals surface area contributed by atoms with E-state index in [0.717, 1.165) is 12.8 Å². The van der Waals surface area contributed by atoms with Gasteiger partial charge in [0.05, 0.1) is 6.04 Å². The highest BCUT2D eigenvalue weighted by molar-refractivity contribution is 5.80. The molecule has 4 N–H and O–H groups in total. The van der Waals surface area contributed by atoms with Crippen molar-refractivity contribution in [3.8, 4) is 0 Å². The average Bonchev–Trinajstić information content (AvgIpc) is 2.36. The van der Waals surface area contributed by atoms with E-state index in [-0.39, 0.29) is 5.91 Å². The number of primary amides is 1. The summed E-state index contributed by atoms with van der Waals surface area (Å²) in [5, 5.41) is 5.96. The maximum absolute atomic E-state index is 11.5. The number of rotatable bonds is 6. The first-order valence-corrected chi connectivity index (χ1v) is 7.80. The molecule has 0 heterocycles. The Morgan fingerprint density at radius 1 is 1.24 bits per heavy atom. The molecule has 1 rings (SSSR count). The highest BCUT2D eigenvalue weighted by Crippen LogP contribution is 2.18. The van der Waals surface area contributed by atoms with Gasteiger partial charge in [-0.2, -0.15) is 0 Å². The van der Waals surface area contributed by atoms with Crippen molar-refractivity contribution in [2.24, 2.45) is 5.73 Å². The Hall–Kier alpha value is -1.30. The van der Waals surface area contributed by atoms with Gasteiger partial charge < -0.3 is 21.1 Å². The first kappa shape index (κ1) is 17.8. The van der Waals surface area contributed by atoms with Crippen LogP contribution in [-0.2, 0) is 9.53 Å². The van der Waals surface area contributed by atoms with E-state index in [1.54, 1.807) is 0 Å². The SMILES string of the molecule is CC(C)(C)OC(=O)NCCC(NC1CCCCC1)C(N)=O. The third kappa shape index (κ3) is 7.90. The second kappa shape index (κ2) is 8.22. The van der Waals surface area contributed by atoms with E-state index in [2.05, 4.69) is 10.6 Å². The van der Waals surface area contributed by atoms with Gasteiger partial charge in [-0.15, -0.1) is 0 Å². The van der Waals surface area contributed by atoms with Crippen molar-refractivity contribution in [1.29, 1.82) is 0 Å². The summed E-state index contributed by atoms with van der Waals surface area (Å²) < 4.78 is 5.14. The highest BCUT2D eigenvalue weighted by Gasteiger charge is 2.22. The van der Waals surface area contributed by atoms with Gasteiger partial charge in [0.1, 0.15) is 5.60 Å². The Morgan fingerprint density at radius 2 is 1.86 bits per heavy atom. The Labute approximate surface area is 127 Å². The molecule has 0 aromatic heterocycles. The molecule has 1 fully saturated rings. The van der Waals surface area contributed by atoms with Crippen LogP contribution in [0.25, 0.3) is 0 Å². The number of alkyl carbamates (subject to hydrolysis) is 1. The summed E-state index contributed by atoms with van der Waals surface area (Å²) in [5.41, 5.74) is 4.91. The molecule has 0 saturated heterocycles. The van der Waals surface area contributed by atoms with Crippen LogP contribution in [-0.4, -0.2) is 36.2 Å². The number of amides is 2. The van der Waals surface area contributed by atoms with Crippen LogP contribution < -0.4 is 16.4 Å². The summed E-state index contributed by atoms with van der Waals surface area (Å²) >= 11 is 0. The van der Waals surface area contributed by atoms with Gasteiger partial charge in [0.2, 0.25) is 5.91 Å². The predicted octanol–water partition coefficient (Wildman–Crippen LogP) is 1.68. The second-order valence-corrected chi connectivity index (χ2v) is 6.67. The van der Waals surface area contributed by atoms with Crippen molar-refractivity contribution in [3.63, 3.8) is 0 Å². The smallest absolute Gasteiger partial charge is 0.407 e. The number of nitrogens with one attached hydrogen (secondary N) is 2. The third-order valence-electron chi connectivity index (χ3n) is 3.49. The van der Waals surface area contributed by atoms with E-state index in [0.29, 0.717) is 19.0 Å². The average molecular weight is 299 g/mol. The third-order valence-corrected chi connectivity index (χ3v) is 3.49. The maximum atomic E-state index is 11.5. The first-order valence-electron chi connectivity index (χ1n) is 7.80. The summed E-state index contributed by atoms with van der Waals surface area (Å²) in [4.78, 5) is 23.0. The molecule has 0 aromatic carbocycles. The lowest BCUT2D eigenvalue weighted by atomic mass is 9.94. The minimum atomic E-state index is -0.520. The first-order chi connectivity index (χ1) is 9.78. The van der Waals surface area contributed by atoms with Crippen molar-refractivity contribution in [2.75, 3.05) is 6.54 Å². The van der Waals surface area contributed by atoms with E-state index in [1.165, 1.54) is 19.3 Å². The van der Waals surface area contributed by atoms with E-state index in [4.69, 9.17) is 10.5 Å². The molecule has 0 aliphatic heterocycles. The molecule has 122 valence electrons. The van der Waals surface area contributed by atoms with Gasteiger partial charge in [-0.1, -0.05) is 19.3 Å². The largest absolute Gasteiger partial charge is 0.444 e. The lowest BCUT2D eigenvalue weighted by molar-refractivity contribution is -0.120. The van der Waals surface area contributed by atoms with Gasteiger partial charge in [0.15, 0.2) is 0 Å². The monoisotopic (exact) mass is 299 g/mol. The van der Waals surface area contributed by atoms with Crippen molar-refractivity contribution in [3.05, 3.63) is 0 Å². The normalized spacial score (nSPS) is 18.0. The standard InChI is InChI=1S/C15H29N3O3/c1-15(2,3)21-14(20)17-10-9-12(13(16)19)18-11-7-5-4-6-8-11/h11-12,18H,4-10H2,1-3H3,(H2,16,19)(H,17,20). The molecule has 6 nitrogen and oxygen atoms in total. The van der Waals surface area contributed by atoms with E-state index in [1.807, 2.05) is 20.8 Å². The van der Waals surface area contributed by atoms with E-state index >= 15 is 0 Å². The lowest BCUT2D eigenvalue weighted by Gasteiger charge is -2.27. The van der Waals surface area contributed by atoms with Gasteiger partial charge in [-0.3, -0.25) is 4.79 Å². The van der Waals surface area contributed by atoms with Gasteiger partial charge in [0, 0.05) is 12.6 Å². The minimum Gasteiger partial charge on any atom is -0.444 e. The second-order valence-electron chi connectivity index (χ2n) is 6.67. The van der Waals surface area contributed by atoms with Gasteiger partial charge >= 0.3 is 6.09 Å². The number of hydrogen-bond donors (Lipinski definition) is 3. The zero-order valence-corrected chi connectivity index (χ0v) is 13.4. The Balaban J connectivity index is 2.30. The van der Waals surface area contributed by atoms with Crippen LogP contribution in [0.5, 0.6) is 0 Å². The summed E-state index contributed by atoms with van der Waals surface area (Å²) in [6.45, 7) is 5.79. The maximum Gasteiger partial charge on any atom is 0.407 e. The van der Waals surface area contributed by atoms with E-state index in [9.17, 15) is 9.59 Å². The lowest BCUT2D eigenvalue weighted by Crippen LogP contribution is -2.48. The van der Waals surface area contributed by atoms with Crippen molar-refractivity contribution < 1.29 is 14.3 Å². The van der Waals surface area contributed by atoms with Crippen LogP contribution in [0, 0.1) is 0 Å². The number of nitrogens with two attached hydrogens (primary N) is 1. The molecule has 0 aromatic rings. The molecule has 1 unspecified atom stereocenters. The fourth-order valence-corrected chi connectivity index (χ4v) is 2.49. The molecule has 0 spiro atoms. The molecule has 1 atom stereocenters. The molecule has 6 heteroatoms. The van der Waals surface area contributed by atoms with Gasteiger partial charge in [-0.05, 0) is 40.0 Å². The van der Waals surface area contributed by atoms with Crippen LogP contribution in [0.2, 0.25) is 0 Å². The molecule has 1 saturated carbocycles. The van der Waals surface area contributed by atoms with E-state index < -0.39 is 17.7 Å². The van der Waals surface area contributed by atoms with Crippen LogP contribution in [0.4, 0.5) is 4.79 Å². The quantitative estimate of drug-likeness (QED) is 0.695. The summed E-state index contributed by atoms with van der Waals surface area (Å²) in [7, 11) is 0. The molecule has 0 bridgehead atoms. The molecule has 1 aliphatic rings. The topological polar surface area (TPSA) is 93.4 Å². The fourth-order valence-electron chi connectivity index (χ4n) is 2.49. The fraction of sp³-hybridized carbons (Fsp3) is 0.867.